The monoisotopic (exact) mass is 360 g/mol. The van der Waals surface area contributed by atoms with E-state index < -0.39 is 24.5 Å². The molecule has 8 nitrogen and oxygen atoms in total. The second kappa shape index (κ2) is 5.18. The molecule has 10 heteroatoms. The Balaban J connectivity index is 2.09. The summed E-state index contributed by atoms with van der Waals surface area (Å²) in [5.41, 5.74) is 0.974. The molecular formula is C10H13AsN4O4S. The van der Waals surface area contributed by atoms with Crippen LogP contribution in [-0.4, -0.2) is 76.6 Å². The Labute approximate surface area is 126 Å². The molecule has 4 N–H and O–H groups in total. The van der Waals surface area contributed by atoms with Crippen LogP contribution in [0.15, 0.2) is 6.33 Å². The van der Waals surface area contributed by atoms with E-state index in [-0.39, 0.29) is 6.61 Å². The van der Waals surface area contributed by atoms with E-state index in [1.54, 1.807) is 0 Å². The molecule has 1 saturated heterocycles. The summed E-state index contributed by atoms with van der Waals surface area (Å²) >= 11 is 6.45. The van der Waals surface area contributed by atoms with Gasteiger partial charge in [0.05, 0.1) is 0 Å². The molecule has 2 aromatic heterocycles. The maximum atomic E-state index is 10.0. The number of imidazole rings is 1. The van der Waals surface area contributed by atoms with Crippen LogP contribution in [0.25, 0.3) is 11.2 Å². The molecule has 5 atom stereocenters. The first-order valence-electron chi connectivity index (χ1n) is 5.87. The average molecular weight is 360 g/mol. The van der Waals surface area contributed by atoms with Gasteiger partial charge in [-0.05, 0) is 0 Å². The summed E-state index contributed by atoms with van der Waals surface area (Å²) in [6, 6.07) is 0. The van der Waals surface area contributed by atoms with Crippen LogP contribution in [-0.2, 0) is 4.74 Å². The normalized spacial score (nSPS) is 30.2. The summed E-state index contributed by atoms with van der Waals surface area (Å²) in [5, 5.41) is 28.9. The van der Waals surface area contributed by atoms with Crippen LogP contribution in [0.5, 0.6) is 0 Å². The molecule has 2 aromatic rings. The van der Waals surface area contributed by atoms with Gasteiger partial charge in [-0.15, -0.1) is 0 Å². The van der Waals surface area contributed by atoms with Gasteiger partial charge in [-0.2, -0.15) is 0 Å². The first kappa shape index (κ1) is 14.1. The van der Waals surface area contributed by atoms with Gasteiger partial charge in [0, 0.05) is 0 Å². The maximum absolute atomic E-state index is 10.0. The molecule has 0 radical (unpaired) electrons. The van der Waals surface area contributed by atoms with Crippen LogP contribution < -0.4 is 4.61 Å². The molecule has 3 rings (SSSR count). The number of hydrogen-bond acceptors (Lipinski definition) is 7. The standard InChI is InChI=1S/C10H13AsN4O4S/c11-10-13-7-4(8(20)14-10)12-2-15(7)9-6(18)5(17)3(1-16)19-9/h2-3,5-6,9,16-18H,1,11H2,(H,13,14,20)/t3-,5-,6-,9-/m1/s1. The van der Waals surface area contributed by atoms with Crippen LogP contribution in [0.1, 0.15) is 6.23 Å². The van der Waals surface area contributed by atoms with Crippen molar-refractivity contribution in [3.05, 3.63) is 11.0 Å². The van der Waals surface area contributed by atoms with E-state index in [2.05, 4.69) is 15.0 Å². The molecule has 108 valence electrons. The summed E-state index contributed by atoms with van der Waals surface area (Å²) in [6.45, 7) is -0.378. The Bertz CT molecular complexity index is 704. The molecule has 0 aromatic carbocycles. The Hall–Kier alpha value is -0.832. The van der Waals surface area contributed by atoms with E-state index in [1.807, 2.05) is 0 Å². The SMILES string of the molecule is OC[C@H]1O[C@@H](n2cnc3c(=S)[nH]c([AsH2])nc32)[C@H](O)[C@@H]1O. The zero-order chi connectivity index (χ0) is 14.4. The Kier molecular flexibility index (Phi) is 3.65. The van der Waals surface area contributed by atoms with Crippen molar-refractivity contribution < 1.29 is 20.1 Å². The second-order valence-electron chi connectivity index (χ2n) is 4.50. The van der Waals surface area contributed by atoms with Gasteiger partial charge < -0.3 is 0 Å². The van der Waals surface area contributed by atoms with E-state index >= 15 is 0 Å². The number of fused-ring (bicyclic) bond motifs is 1. The molecule has 0 aliphatic carbocycles. The van der Waals surface area contributed by atoms with Crippen molar-refractivity contribution in [3.8, 4) is 0 Å². The van der Waals surface area contributed by atoms with Crippen LogP contribution in [0, 0.1) is 4.64 Å². The predicted molar refractivity (Wildman–Crippen MR) is 73.9 cm³/mol. The third-order valence-electron chi connectivity index (χ3n) is 3.24. The molecule has 1 unspecified atom stereocenters. The van der Waals surface area contributed by atoms with E-state index in [4.69, 9.17) is 22.1 Å². The number of aliphatic hydroxyl groups excluding tert-OH is 3. The fraction of sp³-hybridized carbons (Fsp3) is 0.500. The molecule has 0 bridgehead atoms. The van der Waals surface area contributed by atoms with Crippen molar-refractivity contribution in [2.75, 3.05) is 6.61 Å². The summed E-state index contributed by atoms with van der Waals surface area (Å²) in [6.07, 6.45) is -2.58. The van der Waals surface area contributed by atoms with E-state index in [9.17, 15) is 10.2 Å². The molecule has 0 saturated carbocycles. The predicted octanol–water partition coefficient (Wildman–Crippen LogP) is -2.64. The quantitative estimate of drug-likeness (QED) is 0.342. The number of aromatic amines is 1. The number of rotatable bonds is 2. The molecule has 1 fully saturated rings. The molecule has 1 aliphatic heterocycles. The van der Waals surface area contributed by atoms with Gasteiger partial charge in [-0.3, -0.25) is 0 Å². The number of nitrogens with one attached hydrogen (secondary N) is 1. The molecule has 0 spiro atoms. The molecule has 3 heterocycles. The van der Waals surface area contributed by atoms with Crippen molar-refractivity contribution in [3.63, 3.8) is 0 Å². The Morgan fingerprint density at radius 3 is 2.85 bits per heavy atom. The Morgan fingerprint density at radius 2 is 2.20 bits per heavy atom. The number of aromatic nitrogens is 4. The van der Waals surface area contributed by atoms with Crippen molar-refractivity contribution >= 4 is 44.8 Å². The van der Waals surface area contributed by atoms with Gasteiger partial charge in [-0.25, -0.2) is 0 Å². The van der Waals surface area contributed by atoms with E-state index in [1.165, 1.54) is 27.7 Å². The third-order valence-corrected chi connectivity index (χ3v) is 4.11. The number of hydrogen-bond donors (Lipinski definition) is 4. The summed E-state index contributed by atoms with van der Waals surface area (Å²) in [5.74, 6) is 0. The Morgan fingerprint density at radius 1 is 1.45 bits per heavy atom. The van der Waals surface area contributed by atoms with Crippen LogP contribution in [0.3, 0.4) is 0 Å². The summed E-state index contributed by atoms with van der Waals surface area (Å²) in [4.78, 5) is 11.4. The molecule has 0 amide bonds. The summed E-state index contributed by atoms with van der Waals surface area (Å²) < 4.78 is 8.11. The van der Waals surface area contributed by atoms with Gasteiger partial charge in [0.2, 0.25) is 0 Å². The van der Waals surface area contributed by atoms with Gasteiger partial charge in [0.15, 0.2) is 0 Å². The zero-order valence-electron chi connectivity index (χ0n) is 10.2. The zero-order valence-corrected chi connectivity index (χ0v) is 13.4. The fourth-order valence-electron chi connectivity index (χ4n) is 2.24. The first-order valence-corrected chi connectivity index (χ1v) is 7.49. The van der Waals surface area contributed by atoms with Gasteiger partial charge >= 0.3 is 127 Å². The van der Waals surface area contributed by atoms with E-state index in [0.717, 1.165) is 0 Å². The van der Waals surface area contributed by atoms with Gasteiger partial charge in [-0.1, -0.05) is 0 Å². The van der Waals surface area contributed by atoms with Gasteiger partial charge in [0.1, 0.15) is 0 Å². The third kappa shape index (κ3) is 2.11. The van der Waals surface area contributed by atoms with Crippen molar-refractivity contribution in [2.24, 2.45) is 0 Å². The molecular weight excluding hydrogens is 347 g/mol. The van der Waals surface area contributed by atoms with Crippen molar-refractivity contribution in [1.29, 1.82) is 0 Å². The molecule has 20 heavy (non-hydrogen) atoms. The second-order valence-corrected chi connectivity index (χ2v) is 6.06. The molecule has 1 aliphatic rings. The topological polar surface area (TPSA) is 116 Å². The van der Waals surface area contributed by atoms with Crippen LogP contribution in [0.2, 0.25) is 0 Å². The summed E-state index contributed by atoms with van der Waals surface area (Å²) in [7, 11) is 0. The van der Waals surface area contributed by atoms with Crippen LogP contribution in [0.4, 0.5) is 0 Å². The number of nitrogens with zero attached hydrogens (tertiary/aromatic N) is 3. The van der Waals surface area contributed by atoms with Gasteiger partial charge in [0.25, 0.3) is 0 Å². The van der Waals surface area contributed by atoms with Crippen molar-refractivity contribution in [1.82, 2.24) is 19.5 Å². The number of ether oxygens (including phenoxy) is 1. The minimum atomic E-state index is -1.17. The minimum absolute atomic E-state index is 0.378. The van der Waals surface area contributed by atoms with Crippen LogP contribution >= 0.6 is 12.2 Å². The fourth-order valence-corrected chi connectivity index (χ4v) is 3.27. The number of H-pyrrole nitrogens is 1. The van der Waals surface area contributed by atoms with E-state index in [0.29, 0.717) is 20.4 Å². The van der Waals surface area contributed by atoms with Crippen molar-refractivity contribution in [2.45, 2.75) is 24.5 Å². The number of aliphatic hydroxyl groups is 3. The average Bonchev–Trinajstić information content (AvgIpc) is 2.93. The first-order chi connectivity index (χ1) is 9.52.